The Balaban J connectivity index is 2.69. The normalized spacial score (nSPS) is 13.9. The Morgan fingerprint density at radius 3 is 2.05 bits per heavy atom. The molecular formula is C17H26N2. The second-order valence-electron chi connectivity index (χ2n) is 6.97. The molecule has 1 aromatic rings. The minimum Gasteiger partial charge on any atom is -0.309 e. The highest BCUT2D eigenvalue weighted by Crippen LogP contribution is 2.24. The summed E-state index contributed by atoms with van der Waals surface area (Å²) in [5, 5.41) is 12.4. The largest absolute Gasteiger partial charge is 0.309 e. The summed E-state index contributed by atoms with van der Waals surface area (Å²) in [6.07, 6.45) is 0. The van der Waals surface area contributed by atoms with Gasteiger partial charge in [-0.1, -0.05) is 45.0 Å². The lowest BCUT2D eigenvalue weighted by Crippen LogP contribution is -2.30. The highest BCUT2D eigenvalue weighted by atomic mass is 14.9. The number of benzene rings is 1. The summed E-state index contributed by atoms with van der Waals surface area (Å²) < 4.78 is 0. The molecule has 0 aliphatic carbocycles. The molecule has 19 heavy (non-hydrogen) atoms. The second-order valence-corrected chi connectivity index (χ2v) is 6.97. The van der Waals surface area contributed by atoms with Crippen molar-refractivity contribution in [3.8, 4) is 6.07 Å². The van der Waals surface area contributed by atoms with E-state index in [1.165, 1.54) is 11.1 Å². The van der Waals surface area contributed by atoms with Crippen LogP contribution >= 0.6 is 0 Å². The second kappa shape index (κ2) is 5.75. The molecule has 0 saturated carbocycles. The third-order valence-electron chi connectivity index (χ3n) is 3.43. The van der Waals surface area contributed by atoms with Gasteiger partial charge in [-0.25, -0.2) is 0 Å². The fraction of sp³-hybridized carbons (Fsp3) is 0.588. The Labute approximate surface area is 117 Å². The molecule has 1 unspecified atom stereocenters. The molecule has 0 saturated heterocycles. The number of nitrogens with zero attached hydrogens (tertiary/aromatic N) is 1. The lowest BCUT2D eigenvalue weighted by molar-refractivity contribution is 0.415. The molecule has 1 atom stereocenters. The third-order valence-corrected chi connectivity index (χ3v) is 3.43. The minimum absolute atomic E-state index is 0.192. The molecule has 0 bridgehead atoms. The van der Waals surface area contributed by atoms with E-state index in [0.717, 1.165) is 0 Å². The SMILES string of the molecule is CC(NCC(C)(C)C#N)c1ccc(C(C)(C)C)cc1. The zero-order valence-corrected chi connectivity index (χ0v) is 13.0. The van der Waals surface area contributed by atoms with Crippen LogP contribution in [0.5, 0.6) is 0 Å². The van der Waals surface area contributed by atoms with Crippen LogP contribution in [0.4, 0.5) is 0 Å². The van der Waals surface area contributed by atoms with Gasteiger partial charge in [0, 0.05) is 12.6 Å². The summed E-state index contributed by atoms with van der Waals surface area (Å²) in [7, 11) is 0. The van der Waals surface area contributed by atoms with Crippen LogP contribution in [0.3, 0.4) is 0 Å². The van der Waals surface area contributed by atoms with Crippen molar-refractivity contribution in [3.63, 3.8) is 0 Å². The number of nitrogens with one attached hydrogen (secondary N) is 1. The van der Waals surface area contributed by atoms with Gasteiger partial charge in [0.1, 0.15) is 0 Å². The van der Waals surface area contributed by atoms with Gasteiger partial charge in [-0.2, -0.15) is 5.26 Å². The predicted octanol–water partition coefficient (Wildman–Crippen LogP) is 4.18. The molecule has 1 aromatic carbocycles. The molecule has 0 amide bonds. The first-order valence-corrected chi connectivity index (χ1v) is 6.91. The average Bonchev–Trinajstić information content (AvgIpc) is 2.35. The first-order valence-electron chi connectivity index (χ1n) is 6.91. The Kier molecular flexibility index (Phi) is 4.76. The van der Waals surface area contributed by atoms with Crippen LogP contribution in [0.25, 0.3) is 0 Å². The number of hydrogen-bond donors (Lipinski definition) is 1. The maximum Gasteiger partial charge on any atom is 0.0697 e. The standard InChI is InChI=1S/C17H26N2/c1-13(19-12-17(5,6)11-18)14-7-9-15(10-8-14)16(2,3)4/h7-10,13,19H,12H2,1-6H3. The van der Waals surface area contributed by atoms with E-state index in [0.29, 0.717) is 6.54 Å². The van der Waals surface area contributed by atoms with E-state index in [1.54, 1.807) is 0 Å². The van der Waals surface area contributed by atoms with Gasteiger partial charge in [0.15, 0.2) is 0 Å². The minimum atomic E-state index is -0.320. The van der Waals surface area contributed by atoms with Gasteiger partial charge in [-0.15, -0.1) is 0 Å². The van der Waals surface area contributed by atoms with Crippen LogP contribution < -0.4 is 5.32 Å². The molecule has 0 fully saturated rings. The van der Waals surface area contributed by atoms with Gasteiger partial charge in [-0.3, -0.25) is 0 Å². The molecule has 0 radical (unpaired) electrons. The predicted molar refractivity (Wildman–Crippen MR) is 81.0 cm³/mol. The number of hydrogen-bond acceptors (Lipinski definition) is 2. The Hall–Kier alpha value is -1.33. The highest BCUT2D eigenvalue weighted by Gasteiger charge is 2.18. The number of nitriles is 1. The van der Waals surface area contributed by atoms with E-state index in [2.05, 4.69) is 63.3 Å². The van der Waals surface area contributed by atoms with Crippen LogP contribution in [0.15, 0.2) is 24.3 Å². The molecule has 0 aliphatic heterocycles. The molecule has 0 aromatic heterocycles. The molecule has 1 rings (SSSR count). The van der Waals surface area contributed by atoms with Crippen molar-refractivity contribution in [2.45, 2.75) is 53.0 Å². The van der Waals surface area contributed by atoms with Crippen molar-refractivity contribution in [1.82, 2.24) is 5.32 Å². The van der Waals surface area contributed by atoms with Crippen molar-refractivity contribution in [2.24, 2.45) is 5.41 Å². The highest BCUT2D eigenvalue weighted by molar-refractivity contribution is 5.29. The van der Waals surface area contributed by atoms with Crippen molar-refractivity contribution >= 4 is 0 Å². The summed E-state index contributed by atoms with van der Waals surface area (Å²) in [6.45, 7) is 13.4. The van der Waals surface area contributed by atoms with Crippen molar-refractivity contribution in [3.05, 3.63) is 35.4 Å². The van der Waals surface area contributed by atoms with E-state index in [9.17, 15) is 0 Å². The van der Waals surface area contributed by atoms with E-state index in [4.69, 9.17) is 5.26 Å². The monoisotopic (exact) mass is 258 g/mol. The van der Waals surface area contributed by atoms with Gasteiger partial charge in [0.05, 0.1) is 11.5 Å². The Morgan fingerprint density at radius 2 is 1.63 bits per heavy atom. The Morgan fingerprint density at radius 1 is 1.11 bits per heavy atom. The fourth-order valence-electron chi connectivity index (χ4n) is 1.84. The smallest absolute Gasteiger partial charge is 0.0697 e. The summed E-state index contributed by atoms with van der Waals surface area (Å²) in [6, 6.07) is 11.3. The maximum atomic E-state index is 9.01. The molecule has 104 valence electrons. The zero-order chi connectivity index (χ0) is 14.7. The van der Waals surface area contributed by atoms with Crippen molar-refractivity contribution in [1.29, 1.82) is 5.26 Å². The van der Waals surface area contributed by atoms with E-state index in [-0.39, 0.29) is 16.9 Å². The van der Waals surface area contributed by atoms with Crippen LogP contribution in [0, 0.1) is 16.7 Å². The summed E-state index contributed by atoms with van der Waals surface area (Å²) in [5.41, 5.74) is 2.49. The van der Waals surface area contributed by atoms with E-state index >= 15 is 0 Å². The van der Waals surface area contributed by atoms with Gasteiger partial charge in [0.2, 0.25) is 0 Å². The first kappa shape index (κ1) is 15.7. The van der Waals surface area contributed by atoms with Crippen molar-refractivity contribution < 1.29 is 0 Å². The summed E-state index contributed by atoms with van der Waals surface area (Å²) >= 11 is 0. The lowest BCUT2D eigenvalue weighted by Gasteiger charge is -2.22. The molecular weight excluding hydrogens is 232 g/mol. The maximum absolute atomic E-state index is 9.01. The van der Waals surface area contributed by atoms with Crippen LogP contribution in [0.1, 0.15) is 58.7 Å². The molecule has 2 nitrogen and oxygen atoms in total. The fourth-order valence-corrected chi connectivity index (χ4v) is 1.84. The van der Waals surface area contributed by atoms with Crippen LogP contribution in [0.2, 0.25) is 0 Å². The summed E-state index contributed by atoms with van der Waals surface area (Å²) in [5.74, 6) is 0. The Bertz CT molecular complexity index is 444. The van der Waals surface area contributed by atoms with Crippen LogP contribution in [-0.2, 0) is 5.41 Å². The average molecular weight is 258 g/mol. The van der Waals surface area contributed by atoms with Gasteiger partial charge in [-0.05, 0) is 37.3 Å². The summed E-state index contributed by atoms with van der Waals surface area (Å²) in [4.78, 5) is 0. The quantitative estimate of drug-likeness (QED) is 0.879. The molecule has 0 heterocycles. The third kappa shape index (κ3) is 4.69. The van der Waals surface area contributed by atoms with Crippen LogP contribution in [-0.4, -0.2) is 6.54 Å². The van der Waals surface area contributed by atoms with E-state index in [1.807, 2.05) is 13.8 Å². The molecule has 2 heteroatoms. The molecule has 0 spiro atoms. The van der Waals surface area contributed by atoms with Crippen molar-refractivity contribution in [2.75, 3.05) is 6.54 Å². The molecule has 1 N–H and O–H groups in total. The topological polar surface area (TPSA) is 35.8 Å². The van der Waals surface area contributed by atoms with Gasteiger partial charge in [0.25, 0.3) is 0 Å². The molecule has 0 aliphatic rings. The zero-order valence-electron chi connectivity index (χ0n) is 13.0. The first-order chi connectivity index (χ1) is 8.65. The number of rotatable bonds is 4. The van der Waals surface area contributed by atoms with E-state index < -0.39 is 0 Å². The van der Waals surface area contributed by atoms with Gasteiger partial charge >= 0.3 is 0 Å². The van der Waals surface area contributed by atoms with Gasteiger partial charge < -0.3 is 5.32 Å². The lowest BCUT2D eigenvalue weighted by atomic mass is 9.86.